The number of rotatable bonds is 3. The summed E-state index contributed by atoms with van der Waals surface area (Å²) in [5.41, 5.74) is -1.53. The summed E-state index contributed by atoms with van der Waals surface area (Å²) in [6.45, 7) is 13.3. The van der Waals surface area contributed by atoms with E-state index in [9.17, 15) is 14.7 Å². The van der Waals surface area contributed by atoms with E-state index in [2.05, 4.69) is 5.32 Å². The molecule has 1 saturated heterocycles. The zero-order valence-electron chi connectivity index (χ0n) is 17.4. The average Bonchev–Trinajstić information content (AvgIpc) is 2.73. The molecule has 27 heavy (non-hydrogen) atoms. The molecular weight excluding hydrogens is 344 g/mol. The molecule has 2 N–H and O–H groups in total. The molecule has 1 aromatic rings. The zero-order chi connectivity index (χ0) is 20.6. The van der Waals surface area contributed by atoms with Crippen molar-refractivity contribution >= 4 is 12.0 Å². The number of aliphatic hydroxyl groups is 1. The van der Waals surface area contributed by atoms with E-state index in [1.807, 2.05) is 38.1 Å². The maximum Gasteiger partial charge on any atom is 0.413 e. The molecule has 0 aliphatic carbocycles. The highest BCUT2D eigenvalue weighted by atomic mass is 16.6. The maximum absolute atomic E-state index is 13.1. The lowest BCUT2D eigenvalue weighted by molar-refractivity contribution is -0.175. The van der Waals surface area contributed by atoms with Crippen LogP contribution >= 0.6 is 0 Å². The molecule has 0 spiro atoms. The Kier molecular flexibility index (Phi) is 5.62. The molecule has 1 aliphatic heterocycles. The van der Waals surface area contributed by atoms with Gasteiger partial charge in [-0.25, -0.2) is 4.79 Å². The largest absolute Gasteiger partial charge is 0.444 e. The molecule has 2 atom stereocenters. The van der Waals surface area contributed by atoms with Crippen LogP contribution in [0.5, 0.6) is 0 Å². The van der Waals surface area contributed by atoms with Gasteiger partial charge in [-0.15, -0.1) is 0 Å². The smallest absolute Gasteiger partial charge is 0.413 e. The lowest BCUT2D eigenvalue weighted by atomic mass is 9.74. The van der Waals surface area contributed by atoms with E-state index in [0.717, 1.165) is 16.0 Å². The molecule has 1 unspecified atom stereocenters. The highest BCUT2D eigenvalue weighted by Gasteiger charge is 2.64. The fourth-order valence-corrected chi connectivity index (χ4v) is 3.37. The Balaban J connectivity index is 2.28. The van der Waals surface area contributed by atoms with Crippen LogP contribution < -0.4 is 5.32 Å². The number of carbonyl (C=O) groups is 2. The van der Waals surface area contributed by atoms with Gasteiger partial charge in [-0.2, -0.15) is 0 Å². The summed E-state index contributed by atoms with van der Waals surface area (Å²) in [5.74, 6) is -0.676. The van der Waals surface area contributed by atoms with Crippen LogP contribution in [0.15, 0.2) is 24.3 Å². The van der Waals surface area contributed by atoms with Gasteiger partial charge in [0.1, 0.15) is 5.60 Å². The number of amides is 2. The molecule has 0 radical (unpaired) electrons. The predicted octanol–water partition coefficient (Wildman–Crippen LogP) is 3.21. The fraction of sp³-hybridized carbons (Fsp3) is 0.619. The fourth-order valence-electron chi connectivity index (χ4n) is 3.37. The summed E-state index contributed by atoms with van der Waals surface area (Å²) in [4.78, 5) is 27.0. The van der Waals surface area contributed by atoms with E-state index in [-0.39, 0.29) is 19.0 Å². The predicted molar refractivity (Wildman–Crippen MR) is 104 cm³/mol. The zero-order valence-corrected chi connectivity index (χ0v) is 17.4. The number of hydrogen-bond acceptors (Lipinski definition) is 4. The van der Waals surface area contributed by atoms with Crippen molar-refractivity contribution in [3.63, 3.8) is 0 Å². The maximum atomic E-state index is 13.1. The van der Waals surface area contributed by atoms with Crippen molar-refractivity contribution in [3.8, 4) is 0 Å². The van der Waals surface area contributed by atoms with Crippen LogP contribution in [0.1, 0.15) is 52.7 Å². The van der Waals surface area contributed by atoms with Gasteiger partial charge in [0.2, 0.25) is 5.72 Å². The van der Waals surface area contributed by atoms with Gasteiger partial charge in [0, 0.05) is 18.5 Å². The third kappa shape index (κ3) is 3.95. The Bertz CT molecular complexity index is 723. The minimum absolute atomic E-state index is 0.0840. The number of nitrogens with one attached hydrogen (secondary N) is 1. The first-order valence-electron chi connectivity index (χ1n) is 9.36. The standard InChI is InChI=1S/C21H32N2O4/c1-14-10-8-9-11-16(14)12-22-17(24)21(26)20(6,7)15(2)13-23(21)18(25)27-19(3,4)5/h8-11,15,26H,12-13H2,1-7H3,(H,22,24)/t15-,21?/m0/s1. The Labute approximate surface area is 161 Å². The van der Waals surface area contributed by atoms with Crippen LogP contribution in [0.2, 0.25) is 0 Å². The first-order chi connectivity index (χ1) is 12.3. The van der Waals surface area contributed by atoms with E-state index in [4.69, 9.17) is 4.74 Å². The summed E-state index contributed by atoms with van der Waals surface area (Å²) in [6.07, 6.45) is -0.687. The second-order valence-electron chi connectivity index (χ2n) is 9.00. The number of ether oxygens (including phenoxy) is 1. The van der Waals surface area contributed by atoms with Crippen molar-refractivity contribution in [1.29, 1.82) is 0 Å². The van der Waals surface area contributed by atoms with Crippen LogP contribution in [0, 0.1) is 18.3 Å². The van der Waals surface area contributed by atoms with Crippen molar-refractivity contribution in [2.45, 2.75) is 66.3 Å². The van der Waals surface area contributed by atoms with Crippen LogP contribution in [-0.4, -0.2) is 39.9 Å². The third-order valence-electron chi connectivity index (χ3n) is 5.61. The summed E-state index contributed by atoms with van der Waals surface area (Å²) in [6, 6.07) is 7.72. The Morgan fingerprint density at radius 2 is 1.89 bits per heavy atom. The van der Waals surface area contributed by atoms with E-state index >= 15 is 0 Å². The number of benzene rings is 1. The van der Waals surface area contributed by atoms with E-state index in [1.165, 1.54) is 0 Å². The van der Waals surface area contributed by atoms with Gasteiger partial charge in [0.25, 0.3) is 5.91 Å². The Morgan fingerprint density at radius 3 is 2.44 bits per heavy atom. The number of carbonyl (C=O) groups excluding carboxylic acids is 2. The number of nitrogens with zero attached hydrogens (tertiary/aromatic N) is 1. The van der Waals surface area contributed by atoms with E-state index in [0.29, 0.717) is 0 Å². The van der Waals surface area contributed by atoms with Crippen molar-refractivity contribution in [2.24, 2.45) is 11.3 Å². The van der Waals surface area contributed by atoms with Crippen molar-refractivity contribution in [3.05, 3.63) is 35.4 Å². The van der Waals surface area contributed by atoms with Crippen molar-refractivity contribution in [1.82, 2.24) is 10.2 Å². The van der Waals surface area contributed by atoms with Gasteiger partial charge in [-0.05, 0) is 44.7 Å². The molecule has 1 fully saturated rings. The lowest BCUT2D eigenvalue weighted by Gasteiger charge is -2.41. The van der Waals surface area contributed by atoms with E-state index in [1.54, 1.807) is 34.6 Å². The molecule has 6 nitrogen and oxygen atoms in total. The lowest BCUT2D eigenvalue weighted by Crippen LogP contribution is -2.63. The minimum Gasteiger partial charge on any atom is -0.444 e. The van der Waals surface area contributed by atoms with Gasteiger partial charge >= 0.3 is 6.09 Å². The highest BCUT2D eigenvalue weighted by molar-refractivity contribution is 5.90. The van der Waals surface area contributed by atoms with Gasteiger partial charge in [0.05, 0.1) is 0 Å². The molecule has 2 rings (SSSR count). The summed E-state index contributed by atoms with van der Waals surface area (Å²) < 4.78 is 5.44. The highest BCUT2D eigenvalue weighted by Crippen LogP contribution is 2.48. The molecule has 1 heterocycles. The minimum atomic E-state index is -1.99. The van der Waals surface area contributed by atoms with Gasteiger partial charge < -0.3 is 15.2 Å². The topological polar surface area (TPSA) is 78.9 Å². The monoisotopic (exact) mass is 376 g/mol. The van der Waals surface area contributed by atoms with Crippen molar-refractivity contribution in [2.75, 3.05) is 6.54 Å². The molecule has 1 aromatic carbocycles. The first-order valence-corrected chi connectivity index (χ1v) is 9.36. The van der Waals surface area contributed by atoms with E-state index < -0.39 is 28.7 Å². The first kappa shape index (κ1) is 21.2. The number of aryl methyl sites for hydroxylation is 1. The van der Waals surface area contributed by atoms with Gasteiger partial charge in [0.15, 0.2) is 0 Å². The molecule has 0 saturated carbocycles. The molecule has 1 aliphatic rings. The summed E-state index contributed by atoms with van der Waals surface area (Å²) >= 11 is 0. The van der Waals surface area contributed by atoms with Gasteiger partial charge in [-0.3, -0.25) is 9.69 Å². The third-order valence-corrected chi connectivity index (χ3v) is 5.61. The van der Waals surface area contributed by atoms with Crippen LogP contribution in [0.25, 0.3) is 0 Å². The average molecular weight is 376 g/mol. The summed E-state index contributed by atoms with van der Waals surface area (Å²) in [7, 11) is 0. The SMILES string of the molecule is Cc1ccccc1CNC(=O)C1(O)N(C(=O)OC(C)(C)C)C[C@H](C)C1(C)C. The number of likely N-dealkylation sites (tertiary alicyclic amines) is 1. The Hall–Kier alpha value is -2.08. The number of hydrogen-bond donors (Lipinski definition) is 2. The molecule has 0 aromatic heterocycles. The molecule has 6 heteroatoms. The second kappa shape index (κ2) is 7.15. The van der Waals surface area contributed by atoms with Crippen LogP contribution in [0.4, 0.5) is 4.79 Å². The van der Waals surface area contributed by atoms with Crippen LogP contribution in [-0.2, 0) is 16.1 Å². The van der Waals surface area contributed by atoms with Crippen molar-refractivity contribution < 1.29 is 19.4 Å². The molecule has 0 bridgehead atoms. The van der Waals surface area contributed by atoms with Crippen LogP contribution in [0.3, 0.4) is 0 Å². The normalized spacial score (nSPS) is 24.6. The summed E-state index contributed by atoms with van der Waals surface area (Å²) in [5, 5.41) is 14.3. The second-order valence-corrected chi connectivity index (χ2v) is 9.00. The quantitative estimate of drug-likeness (QED) is 0.849. The molecule has 2 amide bonds. The Morgan fingerprint density at radius 1 is 1.30 bits per heavy atom. The molecule has 150 valence electrons. The van der Waals surface area contributed by atoms with Gasteiger partial charge in [-0.1, -0.05) is 45.0 Å². The molecular formula is C21H32N2O4.